The summed E-state index contributed by atoms with van der Waals surface area (Å²) in [6.45, 7) is 4.38. The Morgan fingerprint density at radius 3 is 2.59 bits per heavy atom. The van der Waals surface area contributed by atoms with Gasteiger partial charge in [0.15, 0.2) is 0 Å². The number of nitrogens with two attached hydrogens (primary N) is 1. The molecule has 1 spiro atoms. The molecule has 4 rings (SSSR count). The first-order valence-corrected chi connectivity index (χ1v) is 9.81. The van der Waals surface area contributed by atoms with Crippen LogP contribution in [0.3, 0.4) is 0 Å². The van der Waals surface area contributed by atoms with Gasteiger partial charge in [-0.3, -0.25) is 14.4 Å². The molecule has 1 aromatic carbocycles. The molecule has 1 saturated carbocycles. The molecule has 2 heterocycles. The summed E-state index contributed by atoms with van der Waals surface area (Å²) in [5.41, 5.74) is 6.29. The Hall–Kier alpha value is -2.37. The summed E-state index contributed by atoms with van der Waals surface area (Å²) in [5, 5.41) is 0. The fourth-order valence-electron chi connectivity index (χ4n) is 4.75. The molecule has 2 N–H and O–H groups in total. The van der Waals surface area contributed by atoms with Crippen LogP contribution in [0.15, 0.2) is 24.3 Å². The zero-order chi connectivity index (χ0) is 19.2. The molecule has 27 heavy (non-hydrogen) atoms. The van der Waals surface area contributed by atoms with Gasteiger partial charge in [-0.2, -0.15) is 0 Å². The van der Waals surface area contributed by atoms with Crippen molar-refractivity contribution in [2.75, 3.05) is 19.6 Å². The number of hydrogen-bond acceptors (Lipinski definition) is 3. The van der Waals surface area contributed by atoms with E-state index in [-0.39, 0.29) is 11.8 Å². The molecular weight excluding hydrogens is 342 g/mol. The van der Waals surface area contributed by atoms with Gasteiger partial charge < -0.3 is 15.5 Å². The number of likely N-dealkylation sites (tertiary alicyclic amines) is 2. The fraction of sp³-hybridized carbons (Fsp3) is 0.571. The molecule has 0 unspecified atom stereocenters. The first-order valence-electron chi connectivity index (χ1n) is 9.81. The number of rotatable bonds is 4. The average Bonchev–Trinajstić information content (AvgIpc) is 3.35. The van der Waals surface area contributed by atoms with E-state index in [0.717, 1.165) is 24.9 Å². The van der Waals surface area contributed by atoms with E-state index in [9.17, 15) is 14.4 Å². The summed E-state index contributed by atoms with van der Waals surface area (Å²) >= 11 is 0. The van der Waals surface area contributed by atoms with Crippen LogP contribution in [0, 0.1) is 17.8 Å². The van der Waals surface area contributed by atoms with E-state index in [1.165, 1.54) is 5.56 Å². The van der Waals surface area contributed by atoms with Gasteiger partial charge in [0.25, 0.3) is 0 Å². The third-order valence-corrected chi connectivity index (χ3v) is 6.55. The highest BCUT2D eigenvalue weighted by Gasteiger charge is 2.59. The Balaban J connectivity index is 1.48. The molecule has 1 aliphatic carbocycles. The number of hydrogen-bond donors (Lipinski definition) is 1. The van der Waals surface area contributed by atoms with Crippen LogP contribution < -0.4 is 5.73 Å². The van der Waals surface area contributed by atoms with Gasteiger partial charge in [0.1, 0.15) is 5.41 Å². The molecule has 0 radical (unpaired) electrons. The molecule has 3 fully saturated rings. The van der Waals surface area contributed by atoms with Crippen LogP contribution >= 0.6 is 0 Å². The van der Waals surface area contributed by atoms with Crippen molar-refractivity contribution in [3.8, 4) is 0 Å². The van der Waals surface area contributed by atoms with Gasteiger partial charge in [0, 0.05) is 26.2 Å². The highest BCUT2D eigenvalue weighted by atomic mass is 16.2. The summed E-state index contributed by atoms with van der Waals surface area (Å²) in [6.07, 6.45) is 3.51. The lowest BCUT2D eigenvalue weighted by Crippen LogP contribution is -2.51. The van der Waals surface area contributed by atoms with E-state index >= 15 is 0 Å². The van der Waals surface area contributed by atoms with E-state index < -0.39 is 16.7 Å². The molecule has 2 saturated heterocycles. The highest BCUT2D eigenvalue weighted by molar-refractivity contribution is 6.07. The first-order chi connectivity index (χ1) is 12.9. The van der Waals surface area contributed by atoms with Crippen LogP contribution in [-0.2, 0) is 20.9 Å². The summed E-state index contributed by atoms with van der Waals surface area (Å²) in [6, 6.07) is 8.23. The molecule has 1 aromatic rings. The Morgan fingerprint density at radius 2 is 1.93 bits per heavy atom. The summed E-state index contributed by atoms with van der Waals surface area (Å²) in [4.78, 5) is 41.5. The normalized spacial score (nSPS) is 26.5. The number of benzene rings is 1. The van der Waals surface area contributed by atoms with Crippen molar-refractivity contribution in [2.45, 2.75) is 45.6 Å². The minimum atomic E-state index is -0.996. The second-order valence-electron chi connectivity index (χ2n) is 8.52. The number of carbonyl (C=O) groups is 3. The average molecular weight is 369 g/mol. The predicted molar refractivity (Wildman–Crippen MR) is 100 cm³/mol. The van der Waals surface area contributed by atoms with E-state index in [1.807, 2.05) is 11.0 Å². The quantitative estimate of drug-likeness (QED) is 0.818. The number of amides is 3. The maximum Gasteiger partial charge on any atom is 0.238 e. The minimum absolute atomic E-state index is 0.148. The third-order valence-electron chi connectivity index (χ3n) is 6.55. The first kappa shape index (κ1) is 18.0. The molecule has 1 atom stereocenters. The molecule has 6 nitrogen and oxygen atoms in total. The maximum atomic E-state index is 13.3. The summed E-state index contributed by atoms with van der Waals surface area (Å²) < 4.78 is 0. The molecule has 144 valence electrons. The van der Waals surface area contributed by atoms with Gasteiger partial charge in [-0.25, -0.2) is 0 Å². The van der Waals surface area contributed by atoms with E-state index in [2.05, 4.69) is 25.1 Å². The Morgan fingerprint density at radius 1 is 1.15 bits per heavy atom. The lowest BCUT2D eigenvalue weighted by molar-refractivity contribution is -0.147. The lowest BCUT2D eigenvalue weighted by Gasteiger charge is -2.39. The van der Waals surface area contributed by atoms with Crippen LogP contribution in [-0.4, -0.2) is 47.2 Å². The number of carbonyl (C=O) groups excluding carboxylic acids is 3. The van der Waals surface area contributed by atoms with Gasteiger partial charge in [-0.1, -0.05) is 29.8 Å². The van der Waals surface area contributed by atoms with Gasteiger partial charge in [0.05, 0.1) is 5.41 Å². The number of piperidine rings is 1. The fourth-order valence-corrected chi connectivity index (χ4v) is 4.75. The maximum absolute atomic E-state index is 13.3. The van der Waals surface area contributed by atoms with Crippen molar-refractivity contribution >= 4 is 17.7 Å². The zero-order valence-corrected chi connectivity index (χ0v) is 15.9. The molecule has 0 bridgehead atoms. The number of nitrogens with zero attached hydrogens (tertiary/aromatic N) is 2. The van der Waals surface area contributed by atoms with Gasteiger partial charge in [0.2, 0.25) is 17.7 Å². The van der Waals surface area contributed by atoms with Crippen molar-refractivity contribution in [1.82, 2.24) is 9.80 Å². The largest absolute Gasteiger partial charge is 0.369 e. The van der Waals surface area contributed by atoms with Crippen LogP contribution in [0.2, 0.25) is 0 Å². The van der Waals surface area contributed by atoms with E-state index in [4.69, 9.17) is 5.73 Å². The van der Waals surface area contributed by atoms with Crippen LogP contribution in [0.1, 0.15) is 43.2 Å². The highest BCUT2D eigenvalue weighted by Crippen LogP contribution is 2.49. The Kier molecular flexibility index (Phi) is 4.24. The topological polar surface area (TPSA) is 83.7 Å². The van der Waals surface area contributed by atoms with E-state index in [0.29, 0.717) is 38.9 Å². The molecule has 3 aliphatic rings. The monoisotopic (exact) mass is 369 g/mol. The second-order valence-corrected chi connectivity index (χ2v) is 8.52. The van der Waals surface area contributed by atoms with Gasteiger partial charge >= 0.3 is 0 Å². The molecule has 6 heteroatoms. The Labute approximate surface area is 159 Å². The van der Waals surface area contributed by atoms with Crippen molar-refractivity contribution in [3.63, 3.8) is 0 Å². The SMILES string of the molecule is Cc1cccc(CN2CCC[C@]3(CCN(C(=O)C4(C(N)=O)CC4)C3)C2=O)c1. The van der Waals surface area contributed by atoms with Crippen molar-refractivity contribution < 1.29 is 14.4 Å². The molecule has 0 aromatic heterocycles. The zero-order valence-electron chi connectivity index (χ0n) is 15.9. The standard InChI is InChI=1S/C21H27N3O3/c1-15-4-2-5-16(12-15)13-23-10-3-6-20(18(23)26)9-11-24(14-20)19(27)21(7-8-21)17(22)25/h2,4-5,12H,3,6-11,13-14H2,1H3,(H2,22,25)/t20-/m1/s1. The molecule has 3 amide bonds. The van der Waals surface area contributed by atoms with Gasteiger partial charge in [-0.15, -0.1) is 0 Å². The van der Waals surface area contributed by atoms with Crippen molar-refractivity contribution in [2.24, 2.45) is 16.6 Å². The van der Waals surface area contributed by atoms with Gasteiger partial charge in [-0.05, 0) is 44.6 Å². The van der Waals surface area contributed by atoms with Crippen molar-refractivity contribution in [3.05, 3.63) is 35.4 Å². The van der Waals surface area contributed by atoms with Crippen LogP contribution in [0.5, 0.6) is 0 Å². The predicted octanol–water partition coefficient (Wildman–Crippen LogP) is 1.60. The second kappa shape index (κ2) is 6.36. The van der Waals surface area contributed by atoms with Crippen LogP contribution in [0.25, 0.3) is 0 Å². The molecular formula is C21H27N3O3. The number of aryl methyl sites for hydroxylation is 1. The smallest absolute Gasteiger partial charge is 0.238 e. The minimum Gasteiger partial charge on any atom is -0.369 e. The molecule has 2 aliphatic heterocycles. The summed E-state index contributed by atoms with van der Waals surface area (Å²) in [7, 11) is 0. The van der Waals surface area contributed by atoms with Crippen LogP contribution in [0.4, 0.5) is 0 Å². The Bertz CT molecular complexity index is 802. The van der Waals surface area contributed by atoms with E-state index in [1.54, 1.807) is 4.90 Å². The van der Waals surface area contributed by atoms with Crippen molar-refractivity contribution in [1.29, 1.82) is 0 Å². The number of primary amides is 1. The third kappa shape index (κ3) is 3.01. The lowest BCUT2D eigenvalue weighted by atomic mass is 9.78. The summed E-state index contributed by atoms with van der Waals surface area (Å²) in [5.74, 6) is -0.547.